The molecule has 30 heavy (non-hydrogen) atoms. The number of benzene rings is 2. The molecule has 2 atom stereocenters. The minimum absolute atomic E-state index is 0.0822. The second kappa shape index (κ2) is 7.16. The van der Waals surface area contributed by atoms with Crippen LogP contribution >= 0.6 is 11.6 Å². The summed E-state index contributed by atoms with van der Waals surface area (Å²) in [7, 11) is -4.20. The van der Waals surface area contributed by atoms with Gasteiger partial charge in [-0.15, -0.1) is 5.10 Å². The van der Waals surface area contributed by atoms with E-state index in [1.807, 2.05) is 0 Å². The molecule has 10 heteroatoms. The Balaban J connectivity index is 1.86. The van der Waals surface area contributed by atoms with Crippen LogP contribution in [0.5, 0.6) is 0 Å². The molecular weight excluding hydrogens is 439 g/mol. The monoisotopic (exact) mass is 457 g/mol. The highest BCUT2D eigenvalue weighted by Crippen LogP contribution is 2.37. The van der Waals surface area contributed by atoms with Gasteiger partial charge in [0.15, 0.2) is 5.82 Å². The maximum Gasteiger partial charge on any atom is 0.283 e. The van der Waals surface area contributed by atoms with Crippen LogP contribution in [0.1, 0.15) is 19.4 Å². The topological polar surface area (TPSA) is 55.2 Å². The van der Waals surface area contributed by atoms with Crippen molar-refractivity contribution in [3.8, 4) is 0 Å². The summed E-state index contributed by atoms with van der Waals surface area (Å²) in [6, 6.07) is 9.13. The molecule has 0 saturated carbocycles. The van der Waals surface area contributed by atoms with E-state index in [0.29, 0.717) is 17.0 Å². The molecule has 1 aliphatic rings. The van der Waals surface area contributed by atoms with Crippen LogP contribution in [0, 0.1) is 5.92 Å². The van der Waals surface area contributed by atoms with Gasteiger partial charge in [0.25, 0.3) is 15.9 Å². The molecule has 0 bridgehead atoms. The highest BCUT2D eigenvalue weighted by atomic mass is 35.5. The molecule has 0 amide bonds. The van der Waals surface area contributed by atoms with Crippen LogP contribution in [0.3, 0.4) is 0 Å². The van der Waals surface area contributed by atoms with Crippen LogP contribution in [-0.4, -0.2) is 36.9 Å². The number of alkyl halides is 3. The van der Waals surface area contributed by atoms with Crippen LogP contribution in [0.25, 0.3) is 10.9 Å². The Bertz CT molecular complexity index is 1200. The van der Waals surface area contributed by atoms with Gasteiger partial charge >= 0.3 is 0 Å². The zero-order valence-electron chi connectivity index (χ0n) is 16.2. The van der Waals surface area contributed by atoms with Gasteiger partial charge < -0.3 is 4.90 Å². The van der Waals surface area contributed by atoms with Gasteiger partial charge in [-0.2, -0.15) is 12.5 Å². The summed E-state index contributed by atoms with van der Waals surface area (Å²) in [5, 5.41) is 4.97. The number of nitrogens with zero attached hydrogens (tertiary/aromatic N) is 3. The lowest BCUT2D eigenvalue weighted by atomic mass is 10.1. The van der Waals surface area contributed by atoms with Gasteiger partial charge in [0, 0.05) is 24.9 Å². The molecule has 1 fully saturated rings. The first-order chi connectivity index (χ1) is 14.0. The quantitative estimate of drug-likeness (QED) is 0.563. The van der Waals surface area contributed by atoms with E-state index in [1.54, 1.807) is 30.0 Å². The van der Waals surface area contributed by atoms with Crippen LogP contribution in [0.2, 0.25) is 5.02 Å². The molecule has 160 valence electrons. The zero-order valence-corrected chi connectivity index (χ0v) is 17.8. The van der Waals surface area contributed by atoms with E-state index in [1.165, 1.54) is 0 Å². The highest BCUT2D eigenvalue weighted by molar-refractivity contribution is 7.90. The molecule has 1 aliphatic heterocycles. The average Bonchev–Trinajstić information content (AvgIpc) is 3.23. The van der Waals surface area contributed by atoms with Crippen molar-refractivity contribution in [3.05, 3.63) is 53.1 Å². The fourth-order valence-corrected chi connectivity index (χ4v) is 5.14. The molecule has 0 N–H and O–H groups in total. The number of rotatable bonds is 4. The molecule has 1 aromatic heterocycles. The van der Waals surface area contributed by atoms with Crippen molar-refractivity contribution in [1.29, 1.82) is 0 Å². The Morgan fingerprint density at radius 1 is 1.13 bits per heavy atom. The van der Waals surface area contributed by atoms with Crippen molar-refractivity contribution in [2.75, 3.05) is 18.0 Å². The summed E-state index contributed by atoms with van der Waals surface area (Å²) in [6.07, 6.45) is -1.06. The van der Waals surface area contributed by atoms with Gasteiger partial charge in [0.05, 0.1) is 27.4 Å². The summed E-state index contributed by atoms with van der Waals surface area (Å²) in [4.78, 5) is 1.49. The number of hydrogen-bond donors (Lipinski definition) is 0. The van der Waals surface area contributed by atoms with Gasteiger partial charge in [-0.3, -0.25) is 0 Å². The van der Waals surface area contributed by atoms with Crippen LogP contribution in [0.15, 0.2) is 47.4 Å². The first-order valence-corrected chi connectivity index (χ1v) is 11.1. The van der Waals surface area contributed by atoms with Crippen molar-refractivity contribution < 1.29 is 21.6 Å². The molecule has 2 heterocycles. The standard InChI is InChI=1S/C20H19ClF3N3O2S/c1-12-10-26(11-16(12)22)19-18-15(21)4-3-5-17(18)27(25-19)30(28,29)14-8-6-13(7-9-14)20(2,23)24/h3-9,12,16H,10-11H2,1-2H3/t12-,16-/m1/s1. The molecule has 1 saturated heterocycles. The van der Waals surface area contributed by atoms with E-state index in [9.17, 15) is 21.6 Å². The third-order valence-corrected chi connectivity index (χ3v) is 7.23. The minimum atomic E-state index is -4.20. The van der Waals surface area contributed by atoms with Crippen LogP contribution < -0.4 is 4.90 Å². The maximum atomic E-state index is 14.1. The van der Waals surface area contributed by atoms with Crippen molar-refractivity contribution in [2.24, 2.45) is 5.92 Å². The number of fused-ring (bicyclic) bond motifs is 1. The second-order valence-electron chi connectivity index (χ2n) is 7.62. The van der Waals surface area contributed by atoms with E-state index >= 15 is 0 Å². The first kappa shape index (κ1) is 21.0. The number of hydrogen-bond acceptors (Lipinski definition) is 4. The molecule has 5 nitrogen and oxygen atoms in total. The molecule has 0 aliphatic carbocycles. The van der Waals surface area contributed by atoms with E-state index in [2.05, 4.69) is 5.10 Å². The fraction of sp³-hybridized carbons (Fsp3) is 0.350. The van der Waals surface area contributed by atoms with Gasteiger partial charge in [0.2, 0.25) is 0 Å². The molecule has 2 aromatic carbocycles. The highest BCUT2D eigenvalue weighted by Gasteiger charge is 2.34. The lowest BCUT2D eigenvalue weighted by molar-refractivity contribution is 0.0174. The molecule has 0 unspecified atom stereocenters. The Kier molecular flexibility index (Phi) is 5.01. The Hall–Kier alpha value is -2.26. The second-order valence-corrected chi connectivity index (χ2v) is 9.79. The number of halogens is 4. The smallest absolute Gasteiger partial charge is 0.283 e. The predicted octanol–water partition coefficient (Wildman–Crippen LogP) is 4.83. The van der Waals surface area contributed by atoms with Crippen LogP contribution in [0.4, 0.5) is 19.0 Å². The minimum Gasteiger partial charge on any atom is -0.351 e. The molecular formula is C20H19ClF3N3O2S. The van der Waals surface area contributed by atoms with Crippen molar-refractivity contribution in [2.45, 2.75) is 30.8 Å². The third-order valence-electron chi connectivity index (χ3n) is 5.31. The van der Waals surface area contributed by atoms with E-state index in [4.69, 9.17) is 11.6 Å². The van der Waals surface area contributed by atoms with Gasteiger partial charge in [-0.25, -0.2) is 13.2 Å². The largest absolute Gasteiger partial charge is 0.351 e. The average molecular weight is 458 g/mol. The maximum absolute atomic E-state index is 14.1. The predicted molar refractivity (Wildman–Crippen MR) is 110 cm³/mol. The van der Waals surface area contributed by atoms with Crippen LogP contribution in [-0.2, 0) is 15.9 Å². The Labute approximate surface area is 177 Å². The summed E-state index contributed by atoms with van der Waals surface area (Å²) in [5.74, 6) is -3.04. The summed E-state index contributed by atoms with van der Waals surface area (Å²) in [6.45, 7) is 2.96. The van der Waals surface area contributed by atoms with E-state index < -0.39 is 22.1 Å². The molecule has 0 spiro atoms. The van der Waals surface area contributed by atoms with Gasteiger partial charge in [-0.05, 0) is 24.3 Å². The van der Waals surface area contributed by atoms with E-state index in [-0.39, 0.29) is 34.3 Å². The SMILES string of the molecule is C[C@@H]1CN(c2nn(S(=O)(=O)c3ccc(C(C)(F)F)cc3)c3cccc(Cl)c23)C[C@H]1F. The Morgan fingerprint density at radius 3 is 2.37 bits per heavy atom. The molecule has 3 aromatic rings. The number of anilines is 1. The Morgan fingerprint density at radius 2 is 1.80 bits per heavy atom. The lowest BCUT2D eigenvalue weighted by Crippen LogP contribution is -2.22. The number of aromatic nitrogens is 2. The summed E-state index contributed by atoms with van der Waals surface area (Å²) in [5.41, 5.74) is -0.0621. The molecule has 0 radical (unpaired) electrons. The van der Waals surface area contributed by atoms with Gasteiger partial charge in [-0.1, -0.05) is 36.7 Å². The fourth-order valence-electron chi connectivity index (χ4n) is 3.61. The normalized spacial score (nSPS) is 20.3. The summed E-state index contributed by atoms with van der Waals surface area (Å²) < 4.78 is 68.4. The van der Waals surface area contributed by atoms with Crippen molar-refractivity contribution >= 4 is 38.3 Å². The lowest BCUT2D eigenvalue weighted by Gasteiger charge is -2.15. The third kappa shape index (κ3) is 3.43. The van der Waals surface area contributed by atoms with Crippen molar-refractivity contribution in [3.63, 3.8) is 0 Å². The zero-order chi connectivity index (χ0) is 21.8. The van der Waals surface area contributed by atoms with Crippen molar-refractivity contribution in [1.82, 2.24) is 9.19 Å². The summed E-state index contributed by atoms with van der Waals surface area (Å²) >= 11 is 6.34. The first-order valence-electron chi connectivity index (χ1n) is 9.30. The van der Waals surface area contributed by atoms with Gasteiger partial charge in [0.1, 0.15) is 6.17 Å². The van der Waals surface area contributed by atoms with E-state index in [0.717, 1.165) is 35.3 Å². The molecule has 4 rings (SSSR count).